The van der Waals surface area contributed by atoms with Crippen LogP contribution in [0.3, 0.4) is 0 Å². The van der Waals surface area contributed by atoms with Crippen LogP contribution in [0.5, 0.6) is 0 Å². The molecule has 0 aliphatic carbocycles. The topological polar surface area (TPSA) is 42.2 Å². The maximum Gasteiger partial charge on any atom is 0.461 e. The van der Waals surface area contributed by atoms with E-state index in [1.807, 2.05) is 0 Å². The van der Waals surface area contributed by atoms with E-state index in [1.54, 1.807) is 31.5 Å². The molecule has 1 heterocycles. The fourth-order valence-corrected chi connectivity index (χ4v) is 0.864. The molecule has 0 atom stereocenters. The minimum atomic E-state index is -0.491. The standard InChI is InChI=1S/C8H9ClN2O2/c1-2-13-8(12)10-11-5-3-7(9)4-6-11/h3-6H,2H2,1H3/p+1. The zero-order chi connectivity index (χ0) is 9.68. The largest absolute Gasteiger partial charge is 0.461 e. The molecule has 5 heteroatoms. The van der Waals surface area contributed by atoms with Gasteiger partial charge >= 0.3 is 6.09 Å². The number of hydrogen-bond donors (Lipinski definition) is 1. The van der Waals surface area contributed by atoms with Crippen molar-refractivity contribution in [3.63, 3.8) is 0 Å². The van der Waals surface area contributed by atoms with Gasteiger partial charge in [-0.05, 0) is 6.92 Å². The Bertz CT molecular complexity index is 287. The lowest BCUT2D eigenvalue weighted by atomic mass is 10.5. The van der Waals surface area contributed by atoms with Crippen molar-refractivity contribution in [2.75, 3.05) is 12.0 Å². The molecule has 0 saturated carbocycles. The fraction of sp³-hybridized carbons (Fsp3) is 0.250. The summed E-state index contributed by atoms with van der Waals surface area (Å²) in [6, 6.07) is 3.32. The maximum absolute atomic E-state index is 10.9. The third kappa shape index (κ3) is 3.29. The van der Waals surface area contributed by atoms with Crippen molar-refractivity contribution in [3.8, 4) is 0 Å². The summed E-state index contributed by atoms with van der Waals surface area (Å²) in [5, 5.41) is 0.613. The molecular weight excluding hydrogens is 192 g/mol. The molecule has 4 nitrogen and oxygen atoms in total. The highest BCUT2D eigenvalue weighted by Gasteiger charge is 2.06. The van der Waals surface area contributed by atoms with E-state index in [0.717, 1.165) is 0 Å². The van der Waals surface area contributed by atoms with Crippen LogP contribution < -0.4 is 10.1 Å². The van der Waals surface area contributed by atoms with E-state index in [4.69, 9.17) is 11.6 Å². The van der Waals surface area contributed by atoms with E-state index in [0.29, 0.717) is 11.6 Å². The van der Waals surface area contributed by atoms with Crippen LogP contribution in [0.15, 0.2) is 24.5 Å². The average Bonchev–Trinajstić information content (AvgIpc) is 2.09. The second-order valence-corrected chi connectivity index (χ2v) is 2.69. The summed E-state index contributed by atoms with van der Waals surface area (Å²) in [6.07, 6.45) is 2.76. The molecule has 1 aromatic rings. The maximum atomic E-state index is 10.9. The van der Waals surface area contributed by atoms with Gasteiger partial charge in [0.1, 0.15) is 0 Å². The highest BCUT2D eigenvalue weighted by molar-refractivity contribution is 6.30. The summed E-state index contributed by atoms with van der Waals surface area (Å²) in [5.74, 6) is 0. The Morgan fingerprint density at radius 2 is 2.23 bits per heavy atom. The SMILES string of the molecule is CCOC(=O)N[n+]1ccc(Cl)cc1. The van der Waals surface area contributed by atoms with Crippen LogP contribution in [0.4, 0.5) is 4.79 Å². The number of amides is 1. The number of nitrogens with one attached hydrogen (secondary N) is 1. The molecule has 0 aliphatic rings. The molecule has 0 aromatic carbocycles. The Morgan fingerprint density at radius 1 is 1.62 bits per heavy atom. The summed E-state index contributed by atoms with van der Waals surface area (Å²) in [7, 11) is 0. The van der Waals surface area contributed by atoms with Gasteiger partial charge < -0.3 is 4.74 Å². The first kappa shape index (κ1) is 9.80. The third-order valence-electron chi connectivity index (χ3n) is 1.28. The van der Waals surface area contributed by atoms with Crippen molar-refractivity contribution in [1.29, 1.82) is 0 Å². The normalized spacial score (nSPS) is 9.38. The Kier molecular flexibility index (Phi) is 3.52. The molecule has 1 rings (SSSR count). The number of ether oxygens (including phenoxy) is 1. The van der Waals surface area contributed by atoms with Crippen LogP contribution in [-0.4, -0.2) is 12.7 Å². The van der Waals surface area contributed by atoms with E-state index in [1.165, 1.54) is 4.68 Å². The summed E-state index contributed by atoms with van der Waals surface area (Å²) >= 11 is 5.65. The first-order valence-corrected chi connectivity index (χ1v) is 4.20. The molecule has 1 amide bonds. The van der Waals surface area contributed by atoms with Gasteiger partial charge in [0.05, 0.1) is 11.6 Å². The number of nitrogens with zero attached hydrogens (tertiary/aromatic N) is 1. The zero-order valence-electron chi connectivity index (χ0n) is 7.16. The Hall–Kier alpha value is -1.29. The van der Waals surface area contributed by atoms with E-state index in [-0.39, 0.29) is 0 Å². The van der Waals surface area contributed by atoms with Gasteiger partial charge in [-0.3, -0.25) is 0 Å². The number of aromatic nitrogens is 1. The minimum absolute atomic E-state index is 0.347. The lowest BCUT2D eigenvalue weighted by molar-refractivity contribution is -0.642. The van der Waals surface area contributed by atoms with E-state index in [2.05, 4.69) is 10.2 Å². The van der Waals surface area contributed by atoms with Crippen molar-refractivity contribution in [2.24, 2.45) is 0 Å². The van der Waals surface area contributed by atoms with Gasteiger partial charge in [-0.15, -0.1) is 0 Å². The third-order valence-corrected chi connectivity index (χ3v) is 1.54. The monoisotopic (exact) mass is 201 g/mol. The highest BCUT2D eigenvalue weighted by atomic mass is 35.5. The van der Waals surface area contributed by atoms with Crippen LogP contribution >= 0.6 is 11.6 Å². The number of rotatable bonds is 2. The molecule has 0 aliphatic heterocycles. The number of pyridine rings is 1. The molecule has 0 unspecified atom stereocenters. The quantitative estimate of drug-likeness (QED) is 0.734. The lowest BCUT2D eigenvalue weighted by Gasteiger charge is -1.98. The number of halogens is 1. The van der Waals surface area contributed by atoms with Gasteiger partial charge in [0, 0.05) is 12.1 Å². The van der Waals surface area contributed by atoms with Crippen LogP contribution in [0.25, 0.3) is 0 Å². The van der Waals surface area contributed by atoms with E-state index >= 15 is 0 Å². The van der Waals surface area contributed by atoms with Crippen molar-refractivity contribution < 1.29 is 14.2 Å². The Labute approximate surface area is 81.1 Å². The molecule has 70 valence electrons. The molecule has 0 spiro atoms. The summed E-state index contributed by atoms with van der Waals surface area (Å²) in [4.78, 5) is 10.9. The van der Waals surface area contributed by atoms with Gasteiger partial charge in [0.2, 0.25) is 12.4 Å². The Morgan fingerprint density at radius 3 is 2.77 bits per heavy atom. The molecule has 1 aromatic heterocycles. The van der Waals surface area contributed by atoms with Crippen LogP contribution in [0.1, 0.15) is 6.92 Å². The van der Waals surface area contributed by atoms with Crippen molar-refractivity contribution in [3.05, 3.63) is 29.5 Å². The van der Waals surface area contributed by atoms with Crippen molar-refractivity contribution in [2.45, 2.75) is 6.92 Å². The van der Waals surface area contributed by atoms with Crippen LogP contribution in [-0.2, 0) is 4.74 Å². The minimum Gasteiger partial charge on any atom is -0.446 e. The van der Waals surface area contributed by atoms with Gasteiger partial charge in [-0.25, -0.2) is 4.79 Å². The van der Waals surface area contributed by atoms with Crippen molar-refractivity contribution >= 4 is 17.7 Å². The summed E-state index contributed by atoms with van der Waals surface area (Å²) < 4.78 is 6.13. The fourth-order valence-electron chi connectivity index (χ4n) is 0.752. The predicted octanol–water partition coefficient (Wildman–Crippen LogP) is 1.33. The zero-order valence-corrected chi connectivity index (χ0v) is 7.91. The average molecular weight is 202 g/mol. The summed E-state index contributed by atoms with van der Waals surface area (Å²) in [6.45, 7) is 2.09. The van der Waals surface area contributed by atoms with Gasteiger partial charge in [0.25, 0.3) is 0 Å². The Balaban J connectivity index is 2.54. The first-order valence-electron chi connectivity index (χ1n) is 3.83. The smallest absolute Gasteiger partial charge is 0.446 e. The molecule has 0 bridgehead atoms. The van der Waals surface area contributed by atoms with Crippen LogP contribution in [0.2, 0.25) is 5.02 Å². The number of hydrogen-bond acceptors (Lipinski definition) is 2. The second-order valence-electron chi connectivity index (χ2n) is 2.26. The van der Waals surface area contributed by atoms with Crippen LogP contribution in [0, 0.1) is 0 Å². The molecule has 1 N–H and O–H groups in total. The highest BCUT2D eigenvalue weighted by Crippen LogP contribution is 2.01. The lowest BCUT2D eigenvalue weighted by Crippen LogP contribution is -2.47. The molecule has 0 radical (unpaired) electrons. The molecule has 13 heavy (non-hydrogen) atoms. The molecular formula is C8H10ClN2O2+. The predicted molar refractivity (Wildman–Crippen MR) is 48.0 cm³/mol. The van der Waals surface area contributed by atoms with Crippen molar-refractivity contribution in [1.82, 2.24) is 0 Å². The van der Waals surface area contributed by atoms with Gasteiger partial charge in [-0.1, -0.05) is 21.7 Å². The van der Waals surface area contributed by atoms with E-state index < -0.39 is 6.09 Å². The van der Waals surface area contributed by atoms with Gasteiger partial charge in [0.15, 0.2) is 0 Å². The molecule has 0 fully saturated rings. The number of carbonyl (C=O) groups excluding carboxylic acids is 1. The second kappa shape index (κ2) is 4.67. The van der Waals surface area contributed by atoms with E-state index in [9.17, 15) is 4.79 Å². The molecule has 0 saturated heterocycles. The summed E-state index contributed by atoms with van der Waals surface area (Å²) in [5.41, 5.74) is 2.47. The van der Waals surface area contributed by atoms with Gasteiger partial charge in [-0.2, -0.15) is 0 Å². The first-order chi connectivity index (χ1) is 6.22. The number of carbonyl (C=O) groups is 1.